The number of aliphatic hydroxyl groups is 1. The van der Waals surface area contributed by atoms with Gasteiger partial charge in [0.2, 0.25) is 5.91 Å². The van der Waals surface area contributed by atoms with Crippen molar-refractivity contribution >= 4 is 28.4 Å². The van der Waals surface area contributed by atoms with Crippen LogP contribution in [0.2, 0.25) is 0 Å². The van der Waals surface area contributed by atoms with E-state index in [1.165, 1.54) is 11.1 Å². The zero-order valence-corrected chi connectivity index (χ0v) is 24.0. The number of nitrogens with zero attached hydrogens (tertiary/aromatic N) is 7. The van der Waals surface area contributed by atoms with E-state index < -0.39 is 0 Å². The van der Waals surface area contributed by atoms with Gasteiger partial charge >= 0.3 is 0 Å². The summed E-state index contributed by atoms with van der Waals surface area (Å²) >= 11 is 0. The average Bonchev–Trinajstić information content (AvgIpc) is 3.60. The lowest BCUT2D eigenvalue weighted by Gasteiger charge is -2.37. The predicted octanol–water partition coefficient (Wildman–Crippen LogP) is 3.37. The molecule has 212 valence electrons. The van der Waals surface area contributed by atoms with Gasteiger partial charge in [0.1, 0.15) is 12.1 Å². The van der Waals surface area contributed by atoms with Gasteiger partial charge in [-0.1, -0.05) is 13.8 Å². The van der Waals surface area contributed by atoms with Crippen molar-refractivity contribution in [1.29, 1.82) is 0 Å². The first-order valence-corrected chi connectivity index (χ1v) is 14.5. The first-order valence-electron chi connectivity index (χ1n) is 14.5. The lowest BCUT2D eigenvalue weighted by atomic mass is 9.95. The van der Waals surface area contributed by atoms with Crippen LogP contribution in [-0.4, -0.2) is 97.8 Å². The minimum absolute atomic E-state index is 0.206. The topological polar surface area (TPSA) is 106 Å². The molecule has 0 aliphatic carbocycles. The second-order valence-corrected chi connectivity index (χ2v) is 11.7. The number of nitrogens with one attached hydrogen (secondary N) is 1. The molecule has 2 aliphatic heterocycles. The van der Waals surface area contributed by atoms with Crippen LogP contribution in [0.1, 0.15) is 49.3 Å². The van der Waals surface area contributed by atoms with Gasteiger partial charge in [0.25, 0.3) is 0 Å². The number of fused-ring (bicyclic) bond motifs is 2. The molecule has 2 aliphatic rings. The van der Waals surface area contributed by atoms with Crippen LogP contribution >= 0.6 is 0 Å². The van der Waals surface area contributed by atoms with E-state index in [0.29, 0.717) is 25.6 Å². The molecule has 0 saturated carbocycles. The van der Waals surface area contributed by atoms with Crippen molar-refractivity contribution in [3.8, 4) is 11.3 Å². The number of H-pyrrole nitrogens is 1. The number of piperidine rings is 1. The van der Waals surface area contributed by atoms with Gasteiger partial charge in [0, 0.05) is 50.1 Å². The van der Waals surface area contributed by atoms with Crippen LogP contribution in [0.5, 0.6) is 0 Å². The molecule has 0 unspecified atom stereocenters. The maximum Gasteiger partial charge on any atom is 0.236 e. The number of aryl methyl sites for hydroxylation is 1. The summed E-state index contributed by atoms with van der Waals surface area (Å²) in [5.74, 6) is 1.82. The molecule has 40 heavy (non-hydrogen) atoms. The highest BCUT2D eigenvalue weighted by atomic mass is 16.3. The molecule has 4 aromatic rings. The average molecular weight is 545 g/mol. The molecule has 0 aromatic carbocycles. The number of likely N-dealkylation sites (tertiary alicyclic amines) is 1. The van der Waals surface area contributed by atoms with Gasteiger partial charge in [-0.3, -0.25) is 9.69 Å². The molecule has 2 fully saturated rings. The van der Waals surface area contributed by atoms with Crippen LogP contribution in [0.4, 0.5) is 5.82 Å². The molecule has 10 nitrogen and oxygen atoms in total. The highest BCUT2D eigenvalue weighted by Crippen LogP contribution is 2.38. The minimum Gasteiger partial charge on any atom is -0.396 e. The largest absolute Gasteiger partial charge is 0.396 e. The molecule has 4 aromatic heterocycles. The van der Waals surface area contributed by atoms with Crippen LogP contribution in [0.15, 0.2) is 24.7 Å². The van der Waals surface area contributed by atoms with Gasteiger partial charge in [0.15, 0.2) is 5.65 Å². The molecule has 0 radical (unpaired) electrons. The molecule has 0 spiro atoms. The Morgan fingerprint density at radius 3 is 2.52 bits per heavy atom. The number of aromatic nitrogens is 5. The smallest absolute Gasteiger partial charge is 0.236 e. The monoisotopic (exact) mass is 544 g/mol. The zero-order chi connectivity index (χ0) is 28.0. The van der Waals surface area contributed by atoms with Crippen molar-refractivity contribution in [2.75, 3.05) is 57.3 Å². The lowest BCUT2D eigenvalue weighted by molar-refractivity contribution is -0.133. The number of aromatic amines is 1. The van der Waals surface area contributed by atoms with E-state index in [9.17, 15) is 9.90 Å². The summed E-state index contributed by atoms with van der Waals surface area (Å²) in [5, 5.41) is 13.8. The maximum absolute atomic E-state index is 13.0. The van der Waals surface area contributed by atoms with Crippen molar-refractivity contribution < 1.29 is 9.90 Å². The summed E-state index contributed by atoms with van der Waals surface area (Å²) in [6.07, 6.45) is 5.60. The predicted molar refractivity (Wildman–Crippen MR) is 157 cm³/mol. The number of anilines is 1. The van der Waals surface area contributed by atoms with Crippen LogP contribution in [0.25, 0.3) is 27.9 Å². The molecule has 1 amide bonds. The first-order chi connectivity index (χ1) is 19.3. The number of pyridine rings is 2. The Morgan fingerprint density at radius 1 is 1.07 bits per heavy atom. The third-order valence-electron chi connectivity index (χ3n) is 8.92. The van der Waals surface area contributed by atoms with Crippen molar-refractivity contribution in [3.63, 3.8) is 0 Å². The summed E-state index contributed by atoms with van der Waals surface area (Å²) < 4.78 is 1.85. The second-order valence-electron chi connectivity index (χ2n) is 11.7. The summed E-state index contributed by atoms with van der Waals surface area (Å²) in [4.78, 5) is 32.8. The Balaban J connectivity index is 1.20. The molecule has 0 atom stereocenters. The van der Waals surface area contributed by atoms with E-state index in [-0.39, 0.29) is 18.4 Å². The van der Waals surface area contributed by atoms with Crippen molar-refractivity contribution in [1.82, 2.24) is 34.4 Å². The van der Waals surface area contributed by atoms with E-state index in [1.54, 1.807) is 6.33 Å². The van der Waals surface area contributed by atoms with E-state index in [1.807, 2.05) is 9.42 Å². The SMILES string of the molecule is Cc1c(-c2[nH]c3ccc(N4CCN(C(=O)CN5CCC(CO)CC5)CC4)nc3c2C(C)C)cn2ncnc2c1C. The van der Waals surface area contributed by atoms with E-state index in [4.69, 9.17) is 4.98 Å². The van der Waals surface area contributed by atoms with Gasteiger partial charge < -0.3 is 19.9 Å². The van der Waals surface area contributed by atoms with Crippen molar-refractivity contribution in [3.05, 3.63) is 41.3 Å². The van der Waals surface area contributed by atoms with E-state index in [2.05, 4.69) is 70.9 Å². The van der Waals surface area contributed by atoms with Crippen molar-refractivity contribution in [2.24, 2.45) is 5.92 Å². The van der Waals surface area contributed by atoms with Crippen LogP contribution in [0, 0.1) is 19.8 Å². The van der Waals surface area contributed by atoms with Crippen LogP contribution in [-0.2, 0) is 4.79 Å². The number of hydrogen-bond acceptors (Lipinski definition) is 7. The first kappa shape index (κ1) is 26.7. The third-order valence-corrected chi connectivity index (χ3v) is 8.92. The zero-order valence-electron chi connectivity index (χ0n) is 24.0. The number of amides is 1. The summed E-state index contributed by atoms with van der Waals surface area (Å²) in [6.45, 7) is 14.1. The maximum atomic E-state index is 13.0. The normalized spacial score (nSPS) is 17.6. The highest BCUT2D eigenvalue weighted by molar-refractivity contribution is 5.90. The molecule has 6 rings (SSSR count). The number of carbonyl (C=O) groups excluding carboxylic acids is 1. The molecule has 10 heteroatoms. The molecule has 0 bridgehead atoms. The van der Waals surface area contributed by atoms with Gasteiger partial charge in [0.05, 0.1) is 23.3 Å². The van der Waals surface area contributed by atoms with Gasteiger partial charge in [-0.25, -0.2) is 14.5 Å². The molecule has 2 saturated heterocycles. The molecular weight excluding hydrogens is 504 g/mol. The van der Waals surface area contributed by atoms with Gasteiger partial charge in [-0.05, 0) is 74.9 Å². The van der Waals surface area contributed by atoms with E-state index >= 15 is 0 Å². The van der Waals surface area contributed by atoms with Crippen LogP contribution in [0.3, 0.4) is 0 Å². The fourth-order valence-electron chi connectivity index (χ4n) is 6.28. The van der Waals surface area contributed by atoms with Gasteiger partial charge in [-0.15, -0.1) is 0 Å². The summed E-state index contributed by atoms with van der Waals surface area (Å²) in [6, 6.07) is 4.23. The number of rotatable bonds is 6. The Bertz CT molecular complexity index is 1520. The summed E-state index contributed by atoms with van der Waals surface area (Å²) in [7, 11) is 0. The van der Waals surface area contributed by atoms with Crippen molar-refractivity contribution in [2.45, 2.75) is 46.5 Å². The van der Waals surface area contributed by atoms with Gasteiger partial charge in [-0.2, -0.15) is 5.10 Å². The Hall–Kier alpha value is -3.50. The fraction of sp³-hybridized carbons (Fsp3) is 0.533. The second kappa shape index (κ2) is 10.8. The summed E-state index contributed by atoms with van der Waals surface area (Å²) in [5.41, 5.74) is 8.63. The lowest BCUT2D eigenvalue weighted by Crippen LogP contribution is -2.52. The number of aliphatic hydroxyl groups excluding tert-OH is 1. The number of carbonyl (C=O) groups is 1. The fourth-order valence-corrected chi connectivity index (χ4v) is 6.28. The standard InChI is InChI=1S/C30H40N8O2/c1-19(2)27-28(23-15-38-30(31-18-32-38)21(4)20(23)3)33-24-5-6-25(34-29(24)27)36-11-13-37(14-12-36)26(40)16-35-9-7-22(17-39)8-10-35/h5-6,15,18-19,22,33,39H,7-14,16-17H2,1-4H3. The van der Waals surface area contributed by atoms with E-state index in [0.717, 1.165) is 78.3 Å². The van der Waals surface area contributed by atoms with Crippen LogP contribution < -0.4 is 4.90 Å². The highest BCUT2D eigenvalue weighted by Gasteiger charge is 2.27. The minimum atomic E-state index is 0.206. The molecule has 6 heterocycles. The quantitative estimate of drug-likeness (QED) is 0.383. The Morgan fingerprint density at radius 2 is 1.82 bits per heavy atom. The number of hydrogen-bond donors (Lipinski definition) is 2. The number of piperazine rings is 1. The third kappa shape index (κ3) is 4.83. The Labute approximate surface area is 235 Å². The molecular formula is C30H40N8O2. The molecule has 2 N–H and O–H groups in total. The Kier molecular flexibility index (Phi) is 7.22.